The fraction of sp³-hybridized carbons (Fsp3) is 0.500. The van der Waals surface area contributed by atoms with Gasteiger partial charge in [-0.2, -0.15) is 0 Å². The molecule has 2 unspecified atom stereocenters. The van der Waals surface area contributed by atoms with Gasteiger partial charge >= 0.3 is 0 Å². The molecule has 0 saturated carbocycles. The smallest absolute Gasteiger partial charge is 0.227 e. The molecule has 1 fully saturated rings. The molecule has 5 heteroatoms. The highest BCUT2D eigenvalue weighted by molar-refractivity contribution is 5.79. The molecule has 0 radical (unpaired) electrons. The summed E-state index contributed by atoms with van der Waals surface area (Å²) in [5.74, 6) is -1.74. The molecular weight excluding hydrogens is 250 g/mol. The molecule has 2 rings (SSSR count). The topological polar surface area (TPSA) is 32.3 Å². The van der Waals surface area contributed by atoms with Crippen LogP contribution < -0.4 is 5.32 Å². The molecule has 1 amide bonds. The van der Waals surface area contributed by atoms with Gasteiger partial charge in [0, 0.05) is 19.6 Å². The number of amides is 1. The van der Waals surface area contributed by atoms with Crippen LogP contribution in [0.1, 0.15) is 18.9 Å². The van der Waals surface area contributed by atoms with Gasteiger partial charge in [-0.3, -0.25) is 4.79 Å². The number of halogens is 2. The maximum atomic E-state index is 13.1. The SMILES string of the molecule is CC1NCCC1C(=O)N(C)Cc1ccc(F)c(F)c1. The molecule has 0 aliphatic carbocycles. The van der Waals surface area contributed by atoms with Gasteiger partial charge in [0.2, 0.25) is 5.91 Å². The second-order valence-corrected chi connectivity index (χ2v) is 5.08. The lowest BCUT2D eigenvalue weighted by atomic mass is 10.0. The summed E-state index contributed by atoms with van der Waals surface area (Å²) in [4.78, 5) is 13.8. The van der Waals surface area contributed by atoms with E-state index >= 15 is 0 Å². The number of benzene rings is 1. The summed E-state index contributed by atoms with van der Waals surface area (Å²) in [6.45, 7) is 3.12. The van der Waals surface area contributed by atoms with E-state index in [-0.39, 0.29) is 17.9 Å². The lowest BCUT2D eigenvalue weighted by Gasteiger charge is -2.23. The number of nitrogens with zero attached hydrogens (tertiary/aromatic N) is 1. The average molecular weight is 268 g/mol. The molecule has 1 heterocycles. The van der Waals surface area contributed by atoms with Crippen molar-refractivity contribution in [2.45, 2.75) is 25.9 Å². The summed E-state index contributed by atoms with van der Waals surface area (Å²) in [5.41, 5.74) is 0.591. The van der Waals surface area contributed by atoms with E-state index in [2.05, 4.69) is 5.32 Å². The molecule has 104 valence electrons. The maximum absolute atomic E-state index is 13.1. The number of carbonyl (C=O) groups is 1. The first-order chi connectivity index (χ1) is 8.99. The van der Waals surface area contributed by atoms with Crippen LogP contribution in [-0.4, -0.2) is 30.4 Å². The molecule has 2 atom stereocenters. The number of rotatable bonds is 3. The number of hydrogen-bond donors (Lipinski definition) is 1. The Hall–Kier alpha value is -1.49. The van der Waals surface area contributed by atoms with Crippen molar-refractivity contribution >= 4 is 5.91 Å². The van der Waals surface area contributed by atoms with Crippen molar-refractivity contribution in [1.29, 1.82) is 0 Å². The Balaban J connectivity index is 2.01. The van der Waals surface area contributed by atoms with E-state index in [1.165, 1.54) is 6.07 Å². The molecule has 3 nitrogen and oxygen atoms in total. The van der Waals surface area contributed by atoms with Crippen LogP contribution in [0.15, 0.2) is 18.2 Å². The van der Waals surface area contributed by atoms with E-state index in [1.54, 1.807) is 11.9 Å². The van der Waals surface area contributed by atoms with Gasteiger partial charge in [0.1, 0.15) is 0 Å². The van der Waals surface area contributed by atoms with E-state index < -0.39 is 11.6 Å². The van der Waals surface area contributed by atoms with Crippen molar-refractivity contribution in [3.05, 3.63) is 35.4 Å². The summed E-state index contributed by atoms with van der Waals surface area (Å²) >= 11 is 0. The summed E-state index contributed by atoms with van der Waals surface area (Å²) in [7, 11) is 1.69. The number of carbonyl (C=O) groups excluding carboxylic acids is 1. The van der Waals surface area contributed by atoms with Gasteiger partial charge in [-0.1, -0.05) is 6.07 Å². The molecule has 1 aliphatic rings. The molecule has 19 heavy (non-hydrogen) atoms. The zero-order valence-electron chi connectivity index (χ0n) is 11.1. The first-order valence-corrected chi connectivity index (χ1v) is 6.41. The molecule has 1 aromatic rings. The molecule has 0 bridgehead atoms. The molecular formula is C14H18F2N2O. The third kappa shape index (κ3) is 3.10. The van der Waals surface area contributed by atoms with Crippen molar-refractivity contribution in [3.63, 3.8) is 0 Å². The highest BCUT2D eigenvalue weighted by Gasteiger charge is 2.31. The van der Waals surface area contributed by atoms with Gasteiger partial charge in [0.15, 0.2) is 11.6 Å². The molecule has 0 spiro atoms. The quantitative estimate of drug-likeness (QED) is 0.908. The van der Waals surface area contributed by atoms with Crippen LogP contribution in [0.4, 0.5) is 8.78 Å². The Morgan fingerprint density at radius 3 is 2.74 bits per heavy atom. The predicted octanol–water partition coefficient (Wildman–Crippen LogP) is 1.92. The Morgan fingerprint density at radius 2 is 2.16 bits per heavy atom. The molecule has 1 aliphatic heterocycles. The zero-order chi connectivity index (χ0) is 14.0. The predicted molar refractivity (Wildman–Crippen MR) is 68.4 cm³/mol. The third-order valence-corrected chi connectivity index (χ3v) is 3.62. The molecule has 1 aromatic carbocycles. The van der Waals surface area contributed by atoms with Crippen LogP contribution in [-0.2, 0) is 11.3 Å². The van der Waals surface area contributed by atoms with Crippen LogP contribution >= 0.6 is 0 Å². The second kappa shape index (κ2) is 5.65. The monoisotopic (exact) mass is 268 g/mol. The average Bonchev–Trinajstić information content (AvgIpc) is 2.79. The van der Waals surface area contributed by atoms with Crippen LogP contribution in [0.25, 0.3) is 0 Å². The fourth-order valence-corrected chi connectivity index (χ4v) is 2.47. The van der Waals surface area contributed by atoms with Crippen molar-refractivity contribution in [2.24, 2.45) is 5.92 Å². The first-order valence-electron chi connectivity index (χ1n) is 6.41. The van der Waals surface area contributed by atoms with Gasteiger partial charge < -0.3 is 10.2 Å². The molecule has 1 saturated heterocycles. The van der Waals surface area contributed by atoms with Gasteiger partial charge in [0.05, 0.1) is 5.92 Å². The molecule has 0 aromatic heterocycles. The highest BCUT2D eigenvalue weighted by Crippen LogP contribution is 2.19. The van der Waals surface area contributed by atoms with Crippen molar-refractivity contribution in [3.8, 4) is 0 Å². The largest absolute Gasteiger partial charge is 0.341 e. The summed E-state index contributed by atoms with van der Waals surface area (Å²) in [5, 5.41) is 3.23. The van der Waals surface area contributed by atoms with Crippen molar-refractivity contribution < 1.29 is 13.6 Å². The standard InChI is InChI=1S/C14H18F2N2O/c1-9-11(5-6-17-9)14(19)18(2)8-10-3-4-12(15)13(16)7-10/h3-4,7,9,11,17H,5-6,8H2,1-2H3. The number of nitrogens with one attached hydrogen (secondary N) is 1. The minimum absolute atomic E-state index is 0.0321. The van der Waals surface area contributed by atoms with Crippen LogP contribution in [0.5, 0.6) is 0 Å². The minimum atomic E-state index is -0.880. The van der Waals surface area contributed by atoms with Crippen molar-refractivity contribution in [2.75, 3.05) is 13.6 Å². The summed E-state index contributed by atoms with van der Waals surface area (Å²) in [6, 6.07) is 3.89. The Labute approximate surface area is 111 Å². The van der Waals surface area contributed by atoms with E-state index in [1.807, 2.05) is 6.92 Å². The third-order valence-electron chi connectivity index (χ3n) is 3.62. The van der Waals surface area contributed by atoms with Crippen LogP contribution in [0, 0.1) is 17.6 Å². The lowest BCUT2D eigenvalue weighted by molar-refractivity contribution is -0.134. The Bertz CT molecular complexity index is 479. The van der Waals surface area contributed by atoms with Crippen molar-refractivity contribution in [1.82, 2.24) is 10.2 Å². The minimum Gasteiger partial charge on any atom is -0.341 e. The van der Waals surface area contributed by atoms with Gasteiger partial charge in [-0.05, 0) is 37.6 Å². The fourth-order valence-electron chi connectivity index (χ4n) is 2.47. The van der Waals surface area contributed by atoms with E-state index in [9.17, 15) is 13.6 Å². The Kier molecular flexibility index (Phi) is 4.14. The highest BCUT2D eigenvalue weighted by atomic mass is 19.2. The van der Waals surface area contributed by atoms with E-state index in [0.717, 1.165) is 25.1 Å². The van der Waals surface area contributed by atoms with Crippen LogP contribution in [0.3, 0.4) is 0 Å². The Morgan fingerprint density at radius 1 is 1.42 bits per heavy atom. The first kappa shape index (κ1) is 13.9. The maximum Gasteiger partial charge on any atom is 0.227 e. The molecule has 1 N–H and O–H groups in total. The van der Waals surface area contributed by atoms with Gasteiger partial charge in [-0.25, -0.2) is 8.78 Å². The lowest BCUT2D eigenvalue weighted by Crippen LogP contribution is -2.37. The van der Waals surface area contributed by atoms with E-state index in [4.69, 9.17) is 0 Å². The number of hydrogen-bond acceptors (Lipinski definition) is 2. The van der Waals surface area contributed by atoms with Gasteiger partial charge in [0.25, 0.3) is 0 Å². The van der Waals surface area contributed by atoms with E-state index in [0.29, 0.717) is 12.1 Å². The summed E-state index contributed by atoms with van der Waals surface area (Å²) in [6.07, 6.45) is 0.822. The van der Waals surface area contributed by atoms with Gasteiger partial charge in [-0.15, -0.1) is 0 Å². The normalized spacial score (nSPS) is 22.5. The van der Waals surface area contributed by atoms with Crippen LogP contribution in [0.2, 0.25) is 0 Å². The second-order valence-electron chi connectivity index (χ2n) is 5.08. The zero-order valence-corrected chi connectivity index (χ0v) is 11.1. The summed E-state index contributed by atoms with van der Waals surface area (Å²) < 4.78 is 25.9.